The van der Waals surface area contributed by atoms with E-state index in [0.29, 0.717) is 36.5 Å². The maximum absolute atomic E-state index is 12.5. The average Bonchev–Trinajstić information content (AvgIpc) is 2.75. The van der Waals surface area contributed by atoms with Gasteiger partial charge in [-0.25, -0.2) is 4.57 Å². The highest BCUT2D eigenvalue weighted by atomic mass is 32.2. The molecule has 0 aliphatic carbocycles. The molecule has 1 amide bonds. The summed E-state index contributed by atoms with van der Waals surface area (Å²) in [6.07, 6.45) is 6.99. The molecular weight excluding hydrogens is 400 g/mol. The second kappa shape index (κ2) is 13.5. The van der Waals surface area contributed by atoms with Gasteiger partial charge in [-0.05, 0) is 31.9 Å². The summed E-state index contributed by atoms with van der Waals surface area (Å²) >= 11 is 1.11. The number of ether oxygens (including phenoxy) is 1. The molecule has 0 unspecified atom stereocenters. The zero-order valence-electron chi connectivity index (χ0n) is 17.3. The van der Waals surface area contributed by atoms with Crippen molar-refractivity contribution in [2.75, 3.05) is 13.2 Å². The van der Waals surface area contributed by atoms with Crippen molar-refractivity contribution in [3.05, 3.63) is 60.4 Å². The van der Waals surface area contributed by atoms with E-state index in [-0.39, 0.29) is 23.4 Å². The van der Waals surface area contributed by atoms with Crippen LogP contribution in [0.4, 0.5) is 0 Å². The smallest absolute Gasteiger partial charge is 0.305 e. The number of hydrogen-bond acceptors (Lipinski definition) is 5. The maximum atomic E-state index is 12.5. The van der Waals surface area contributed by atoms with Crippen LogP contribution in [0, 0.1) is 0 Å². The largest absolute Gasteiger partial charge is 0.466 e. The van der Waals surface area contributed by atoms with Gasteiger partial charge >= 0.3 is 5.97 Å². The van der Waals surface area contributed by atoms with E-state index in [1.807, 2.05) is 36.7 Å². The summed E-state index contributed by atoms with van der Waals surface area (Å²) < 4.78 is 6.96. The predicted octanol–water partition coefficient (Wildman–Crippen LogP) is 3.54. The SMILES string of the molecule is CCOC(=O)CCCNC(=O)c1ccccc1SC(=O)CCCC[n+]1ccccc1. The van der Waals surface area contributed by atoms with E-state index < -0.39 is 0 Å². The van der Waals surface area contributed by atoms with Crippen LogP contribution in [0.15, 0.2) is 59.8 Å². The number of nitrogens with zero attached hydrogens (tertiary/aromatic N) is 1. The number of benzene rings is 1. The molecule has 6 nitrogen and oxygen atoms in total. The Balaban J connectivity index is 1.75. The molecule has 160 valence electrons. The zero-order valence-corrected chi connectivity index (χ0v) is 18.2. The minimum atomic E-state index is -0.265. The first-order valence-electron chi connectivity index (χ1n) is 10.3. The Bertz CT molecular complexity index is 827. The first kappa shape index (κ1) is 23.6. The quantitative estimate of drug-likeness (QED) is 0.242. The minimum Gasteiger partial charge on any atom is -0.466 e. The molecule has 1 aromatic carbocycles. The highest BCUT2D eigenvalue weighted by Crippen LogP contribution is 2.25. The molecule has 1 aromatic heterocycles. The lowest BCUT2D eigenvalue weighted by atomic mass is 10.2. The third-order valence-electron chi connectivity index (χ3n) is 4.33. The minimum absolute atomic E-state index is 0.0515. The van der Waals surface area contributed by atoms with E-state index >= 15 is 0 Å². The van der Waals surface area contributed by atoms with Gasteiger partial charge in [-0.15, -0.1) is 0 Å². The van der Waals surface area contributed by atoms with Crippen LogP contribution in [0.5, 0.6) is 0 Å². The van der Waals surface area contributed by atoms with Crippen LogP contribution in [0.2, 0.25) is 0 Å². The summed E-state index contributed by atoms with van der Waals surface area (Å²) in [6.45, 7) is 3.37. The van der Waals surface area contributed by atoms with Gasteiger partial charge in [0, 0.05) is 42.8 Å². The second-order valence-corrected chi connectivity index (χ2v) is 7.80. The van der Waals surface area contributed by atoms with Gasteiger partial charge in [-0.2, -0.15) is 0 Å². The van der Waals surface area contributed by atoms with Gasteiger partial charge < -0.3 is 10.1 Å². The van der Waals surface area contributed by atoms with Gasteiger partial charge in [0.15, 0.2) is 17.5 Å². The number of aryl methyl sites for hydroxylation is 1. The van der Waals surface area contributed by atoms with Crippen LogP contribution in [-0.2, 0) is 20.9 Å². The van der Waals surface area contributed by atoms with Gasteiger partial charge in [0.25, 0.3) is 5.91 Å². The van der Waals surface area contributed by atoms with Gasteiger partial charge in [-0.3, -0.25) is 14.4 Å². The van der Waals surface area contributed by atoms with Gasteiger partial charge in [0.1, 0.15) is 6.54 Å². The molecule has 30 heavy (non-hydrogen) atoms. The molecule has 0 spiro atoms. The Morgan fingerprint density at radius 1 is 0.967 bits per heavy atom. The summed E-state index contributed by atoms with van der Waals surface area (Å²) in [4.78, 5) is 36.8. The molecule has 1 heterocycles. The number of carbonyl (C=O) groups is 3. The Kier molecular flexibility index (Phi) is 10.7. The number of unbranched alkanes of at least 4 members (excludes halogenated alkanes) is 1. The number of rotatable bonds is 12. The second-order valence-electron chi connectivity index (χ2n) is 6.71. The lowest BCUT2D eigenvalue weighted by molar-refractivity contribution is -0.697. The summed E-state index contributed by atoms with van der Waals surface area (Å²) in [5, 5.41) is 2.86. The molecule has 0 bridgehead atoms. The van der Waals surface area contributed by atoms with Crippen LogP contribution in [0.3, 0.4) is 0 Å². The van der Waals surface area contributed by atoms with Crippen LogP contribution < -0.4 is 9.88 Å². The zero-order chi connectivity index (χ0) is 21.6. The Hall–Kier alpha value is -2.67. The molecule has 0 saturated carbocycles. The summed E-state index contributed by atoms with van der Waals surface area (Å²) in [6, 6.07) is 13.0. The van der Waals surface area contributed by atoms with E-state index in [0.717, 1.165) is 31.1 Å². The van der Waals surface area contributed by atoms with Crippen LogP contribution in [-0.4, -0.2) is 30.1 Å². The van der Waals surface area contributed by atoms with Crippen LogP contribution in [0.25, 0.3) is 0 Å². The Morgan fingerprint density at radius 2 is 1.73 bits per heavy atom. The number of esters is 1. The number of aromatic nitrogens is 1. The van der Waals surface area contributed by atoms with E-state index in [1.54, 1.807) is 25.1 Å². The molecule has 0 fully saturated rings. The van der Waals surface area contributed by atoms with Crippen molar-refractivity contribution in [3.8, 4) is 0 Å². The fraction of sp³-hybridized carbons (Fsp3) is 0.391. The van der Waals surface area contributed by atoms with Crippen molar-refractivity contribution >= 4 is 28.8 Å². The molecule has 0 radical (unpaired) electrons. The van der Waals surface area contributed by atoms with Gasteiger partial charge in [0.05, 0.1) is 12.2 Å². The first-order valence-corrected chi connectivity index (χ1v) is 11.1. The van der Waals surface area contributed by atoms with E-state index in [2.05, 4.69) is 9.88 Å². The molecule has 0 saturated heterocycles. The van der Waals surface area contributed by atoms with E-state index in [1.165, 1.54) is 0 Å². The van der Waals surface area contributed by atoms with Crippen molar-refractivity contribution < 1.29 is 23.7 Å². The normalized spacial score (nSPS) is 10.4. The van der Waals surface area contributed by atoms with Crippen molar-refractivity contribution in [3.63, 3.8) is 0 Å². The highest BCUT2D eigenvalue weighted by Gasteiger charge is 2.14. The lowest BCUT2D eigenvalue weighted by Crippen LogP contribution is -2.32. The number of thioether (sulfide) groups is 1. The lowest BCUT2D eigenvalue weighted by Gasteiger charge is -2.09. The van der Waals surface area contributed by atoms with Crippen molar-refractivity contribution in [2.45, 2.75) is 50.5 Å². The van der Waals surface area contributed by atoms with Crippen molar-refractivity contribution in [1.82, 2.24) is 5.32 Å². The Labute approximate surface area is 182 Å². The molecule has 0 aliphatic heterocycles. The third-order valence-corrected chi connectivity index (χ3v) is 5.34. The molecular formula is C23H29N2O4S+. The number of carbonyl (C=O) groups excluding carboxylic acids is 3. The average molecular weight is 430 g/mol. The fourth-order valence-electron chi connectivity index (χ4n) is 2.83. The molecule has 7 heteroatoms. The van der Waals surface area contributed by atoms with Crippen LogP contribution in [0.1, 0.15) is 49.4 Å². The number of pyridine rings is 1. The predicted molar refractivity (Wildman–Crippen MR) is 116 cm³/mol. The first-order chi connectivity index (χ1) is 14.6. The highest BCUT2D eigenvalue weighted by molar-refractivity contribution is 8.13. The van der Waals surface area contributed by atoms with Crippen molar-refractivity contribution in [1.29, 1.82) is 0 Å². The number of amides is 1. The topological polar surface area (TPSA) is 76.3 Å². The van der Waals surface area contributed by atoms with Crippen LogP contribution >= 0.6 is 11.8 Å². The van der Waals surface area contributed by atoms with E-state index in [9.17, 15) is 14.4 Å². The van der Waals surface area contributed by atoms with Gasteiger partial charge in [0.2, 0.25) is 0 Å². The molecule has 1 N–H and O–H groups in total. The monoisotopic (exact) mass is 429 g/mol. The summed E-state index contributed by atoms with van der Waals surface area (Å²) in [7, 11) is 0. The molecule has 2 aromatic rings. The molecule has 0 atom stereocenters. The number of nitrogens with one attached hydrogen (secondary N) is 1. The molecule has 2 rings (SSSR count). The Morgan fingerprint density at radius 3 is 2.50 bits per heavy atom. The van der Waals surface area contributed by atoms with Crippen molar-refractivity contribution in [2.24, 2.45) is 0 Å². The third kappa shape index (κ3) is 8.78. The standard InChI is InChI=1S/C23H28N2O4S/c1-2-29-21(26)13-10-15-24-23(28)19-11-4-5-12-20(19)30-22(27)14-6-9-18-25-16-7-3-8-17-25/h3-5,7-8,11-12,16-17H,2,6,9-10,13-15,18H2,1H3/p+1. The summed E-state index contributed by atoms with van der Waals surface area (Å²) in [5.74, 6) is -0.505. The van der Waals surface area contributed by atoms with E-state index in [4.69, 9.17) is 4.74 Å². The summed E-state index contributed by atoms with van der Waals surface area (Å²) in [5.41, 5.74) is 0.479. The molecule has 0 aliphatic rings. The fourth-order valence-corrected chi connectivity index (χ4v) is 3.74. The van der Waals surface area contributed by atoms with Gasteiger partial charge in [-0.1, -0.05) is 30.0 Å². The maximum Gasteiger partial charge on any atom is 0.305 e. The number of hydrogen-bond donors (Lipinski definition) is 1.